The molecule has 21 heavy (non-hydrogen) atoms. The number of likely N-dealkylation sites (tertiary alicyclic amines) is 1. The number of amides is 2. The molecule has 1 aromatic rings. The van der Waals surface area contributed by atoms with Crippen molar-refractivity contribution in [2.24, 2.45) is 10.7 Å². The van der Waals surface area contributed by atoms with Crippen molar-refractivity contribution in [3.05, 3.63) is 35.9 Å². The molecular weight excluding hydrogens is 264 g/mol. The van der Waals surface area contributed by atoms with Crippen LogP contribution in [-0.4, -0.2) is 46.3 Å². The predicted octanol–water partition coefficient (Wildman–Crippen LogP) is 1.83. The number of carbonyl (C=O) groups is 1. The van der Waals surface area contributed by atoms with Crippen molar-refractivity contribution >= 4 is 11.9 Å². The molecule has 1 atom stereocenters. The molecular formula is C16H22N4O. The summed E-state index contributed by atoms with van der Waals surface area (Å²) in [6.45, 7) is 6.64. The molecule has 2 aliphatic rings. The Bertz CT molecular complexity index is 569. The van der Waals surface area contributed by atoms with Crippen molar-refractivity contribution in [2.45, 2.75) is 38.4 Å². The van der Waals surface area contributed by atoms with Crippen LogP contribution < -0.4 is 5.73 Å². The highest BCUT2D eigenvalue weighted by atomic mass is 16.2. The number of rotatable bonds is 3. The van der Waals surface area contributed by atoms with E-state index in [1.54, 1.807) is 0 Å². The van der Waals surface area contributed by atoms with Gasteiger partial charge in [0.25, 0.3) is 0 Å². The first-order valence-electron chi connectivity index (χ1n) is 7.47. The summed E-state index contributed by atoms with van der Waals surface area (Å²) in [5.41, 5.74) is 6.82. The monoisotopic (exact) mass is 286 g/mol. The molecule has 1 aromatic carbocycles. The third-order valence-corrected chi connectivity index (χ3v) is 4.63. The lowest BCUT2D eigenvalue weighted by molar-refractivity contribution is 0.160. The molecule has 1 spiro atoms. The first kappa shape index (κ1) is 14.1. The van der Waals surface area contributed by atoms with Crippen LogP contribution in [0.3, 0.4) is 0 Å². The Hall–Kier alpha value is -1.88. The summed E-state index contributed by atoms with van der Waals surface area (Å²) in [6.07, 6.45) is 0.860. The highest BCUT2D eigenvalue weighted by molar-refractivity contribution is 6.06. The van der Waals surface area contributed by atoms with Gasteiger partial charge in [0.1, 0.15) is 11.4 Å². The second-order valence-electron chi connectivity index (χ2n) is 6.20. The molecule has 0 aliphatic carbocycles. The first-order valence-corrected chi connectivity index (χ1v) is 7.47. The Morgan fingerprint density at radius 1 is 1.33 bits per heavy atom. The molecule has 1 fully saturated rings. The lowest BCUT2D eigenvalue weighted by Crippen LogP contribution is -2.55. The molecule has 2 amide bonds. The van der Waals surface area contributed by atoms with Crippen molar-refractivity contribution in [3.63, 3.8) is 0 Å². The van der Waals surface area contributed by atoms with Gasteiger partial charge >= 0.3 is 6.03 Å². The summed E-state index contributed by atoms with van der Waals surface area (Å²) in [5.74, 6) is 0.478. The maximum atomic E-state index is 12.3. The SMILES string of the molecule is CC(C)N1CCC2(C1)C(N)=NC(=O)N2Cc1ccccc1. The minimum absolute atomic E-state index is 0.207. The lowest BCUT2D eigenvalue weighted by atomic mass is 9.95. The van der Waals surface area contributed by atoms with Crippen LogP contribution in [0.4, 0.5) is 4.79 Å². The van der Waals surface area contributed by atoms with Crippen molar-refractivity contribution in [3.8, 4) is 0 Å². The Balaban J connectivity index is 1.87. The van der Waals surface area contributed by atoms with E-state index in [9.17, 15) is 4.79 Å². The number of hydrogen-bond donors (Lipinski definition) is 1. The molecule has 2 N–H and O–H groups in total. The maximum absolute atomic E-state index is 12.3. The molecule has 112 valence electrons. The van der Waals surface area contributed by atoms with E-state index in [4.69, 9.17) is 5.73 Å². The molecule has 0 radical (unpaired) electrons. The number of nitrogens with zero attached hydrogens (tertiary/aromatic N) is 3. The Labute approximate surface area is 125 Å². The van der Waals surface area contributed by atoms with Gasteiger partial charge in [0.15, 0.2) is 0 Å². The summed E-state index contributed by atoms with van der Waals surface area (Å²) in [5, 5.41) is 0. The zero-order valence-electron chi connectivity index (χ0n) is 12.6. The molecule has 5 heteroatoms. The van der Waals surface area contributed by atoms with E-state index in [0.717, 1.165) is 25.1 Å². The number of amidine groups is 1. The van der Waals surface area contributed by atoms with Gasteiger partial charge in [0, 0.05) is 25.7 Å². The fourth-order valence-electron chi connectivity index (χ4n) is 3.27. The molecule has 2 aliphatic heterocycles. The number of nitrogens with two attached hydrogens (primary N) is 1. The summed E-state index contributed by atoms with van der Waals surface area (Å²) >= 11 is 0. The van der Waals surface area contributed by atoms with Crippen LogP contribution in [0.5, 0.6) is 0 Å². The standard InChI is InChI=1S/C16H22N4O/c1-12(2)19-9-8-16(11-19)14(17)18-15(21)20(16)10-13-6-4-3-5-7-13/h3-7,12H,8-11H2,1-2H3,(H2,17,18,21). The minimum Gasteiger partial charge on any atom is -0.385 e. The minimum atomic E-state index is -0.419. The van der Waals surface area contributed by atoms with Gasteiger partial charge in [-0.15, -0.1) is 0 Å². The van der Waals surface area contributed by atoms with Gasteiger partial charge in [-0.05, 0) is 25.8 Å². The first-order chi connectivity index (χ1) is 10.0. The third-order valence-electron chi connectivity index (χ3n) is 4.63. The zero-order chi connectivity index (χ0) is 15.0. The average Bonchev–Trinajstić information content (AvgIpc) is 3.00. The predicted molar refractivity (Wildman–Crippen MR) is 83.1 cm³/mol. The van der Waals surface area contributed by atoms with Crippen molar-refractivity contribution in [1.82, 2.24) is 9.80 Å². The summed E-state index contributed by atoms with van der Waals surface area (Å²) in [7, 11) is 0. The number of carbonyl (C=O) groups excluding carboxylic acids is 1. The Morgan fingerprint density at radius 2 is 2.05 bits per heavy atom. The Kier molecular flexibility index (Phi) is 3.45. The van der Waals surface area contributed by atoms with Crippen LogP contribution in [0, 0.1) is 0 Å². The fourth-order valence-corrected chi connectivity index (χ4v) is 3.27. The number of aliphatic imine (C=N–C) groups is 1. The lowest BCUT2D eigenvalue weighted by Gasteiger charge is -2.35. The highest BCUT2D eigenvalue weighted by Crippen LogP contribution is 2.35. The third kappa shape index (κ3) is 2.31. The van der Waals surface area contributed by atoms with Crippen LogP contribution in [0.25, 0.3) is 0 Å². The van der Waals surface area contributed by atoms with Gasteiger partial charge in [0.05, 0.1) is 0 Å². The molecule has 0 saturated carbocycles. The van der Waals surface area contributed by atoms with Crippen LogP contribution >= 0.6 is 0 Å². The van der Waals surface area contributed by atoms with E-state index in [-0.39, 0.29) is 6.03 Å². The molecule has 1 saturated heterocycles. The molecule has 3 rings (SSSR count). The summed E-state index contributed by atoms with van der Waals surface area (Å²) in [4.78, 5) is 20.5. The van der Waals surface area contributed by atoms with Crippen LogP contribution in [0.15, 0.2) is 35.3 Å². The zero-order valence-corrected chi connectivity index (χ0v) is 12.6. The van der Waals surface area contributed by atoms with E-state index >= 15 is 0 Å². The van der Waals surface area contributed by atoms with E-state index in [1.807, 2.05) is 35.2 Å². The second kappa shape index (κ2) is 5.15. The van der Waals surface area contributed by atoms with E-state index < -0.39 is 5.54 Å². The smallest absolute Gasteiger partial charge is 0.346 e. The van der Waals surface area contributed by atoms with Crippen LogP contribution in [0.2, 0.25) is 0 Å². The molecule has 0 aromatic heterocycles. The van der Waals surface area contributed by atoms with Gasteiger partial charge in [-0.25, -0.2) is 4.79 Å². The van der Waals surface area contributed by atoms with E-state index in [1.165, 1.54) is 0 Å². The quantitative estimate of drug-likeness (QED) is 0.922. The second-order valence-corrected chi connectivity index (χ2v) is 6.20. The van der Waals surface area contributed by atoms with Gasteiger partial charge in [-0.1, -0.05) is 30.3 Å². The van der Waals surface area contributed by atoms with Gasteiger partial charge in [-0.3, -0.25) is 4.90 Å². The Morgan fingerprint density at radius 3 is 2.67 bits per heavy atom. The normalized spacial score (nSPS) is 26.1. The molecule has 0 bridgehead atoms. The number of benzene rings is 1. The van der Waals surface area contributed by atoms with Crippen molar-refractivity contribution in [1.29, 1.82) is 0 Å². The highest BCUT2D eigenvalue weighted by Gasteiger charge is 2.52. The van der Waals surface area contributed by atoms with E-state index in [0.29, 0.717) is 18.4 Å². The maximum Gasteiger partial charge on any atom is 0.346 e. The van der Waals surface area contributed by atoms with Crippen LogP contribution in [-0.2, 0) is 6.54 Å². The number of urea groups is 1. The van der Waals surface area contributed by atoms with Crippen molar-refractivity contribution < 1.29 is 4.79 Å². The van der Waals surface area contributed by atoms with Gasteiger partial charge in [0.2, 0.25) is 0 Å². The topological polar surface area (TPSA) is 61.9 Å². The van der Waals surface area contributed by atoms with Crippen LogP contribution in [0.1, 0.15) is 25.8 Å². The molecule has 1 unspecified atom stereocenters. The fraction of sp³-hybridized carbons (Fsp3) is 0.500. The summed E-state index contributed by atoms with van der Waals surface area (Å²) in [6, 6.07) is 10.3. The van der Waals surface area contributed by atoms with Gasteiger partial charge in [-0.2, -0.15) is 4.99 Å². The average molecular weight is 286 g/mol. The largest absolute Gasteiger partial charge is 0.385 e. The van der Waals surface area contributed by atoms with Crippen molar-refractivity contribution in [2.75, 3.05) is 13.1 Å². The van der Waals surface area contributed by atoms with Gasteiger partial charge < -0.3 is 10.6 Å². The summed E-state index contributed by atoms with van der Waals surface area (Å²) < 4.78 is 0. The molecule has 5 nitrogen and oxygen atoms in total. The number of hydrogen-bond acceptors (Lipinski definition) is 3. The molecule has 2 heterocycles. The van der Waals surface area contributed by atoms with E-state index in [2.05, 4.69) is 23.7 Å².